The molecule has 13 amide bonds. The van der Waals surface area contributed by atoms with Gasteiger partial charge in [-0.1, -0.05) is 83.1 Å². The van der Waals surface area contributed by atoms with Crippen molar-refractivity contribution in [3.8, 4) is 0 Å². The summed E-state index contributed by atoms with van der Waals surface area (Å²) >= 11 is 0. The second-order valence-corrected chi connectivity index (χ2v) is 22.7. The third-order valence-corrected chi connectivity index (χ3v) is 12.1. The number of aliphatic hydroxyl groups is 1. The number of carbonyl (C=O) groups excluding carboxylic acids is 13. The van der Waals surface area contributed by atoms with Crippen molar-refractivity contribution in [2.45, 2.75) is 189 Å². The quantitative estimate of drug-likeness (QED) is 0.0281. The van der Waals surface area contributed by atoms with Crippen LogP contribution in [0.3, 0.4) is 0 Å². The molecule has 1 rings (SSSR count). The molecule has 0 saturated carbocycles. The highest BCUT2D eigenvalue weighted by molar-refractivity contribution is 6.09. The number of hydrogen-bond acceptors (Lipinski definition) is 15. The van der Waals surface area contributed by atoms with Crippen LogP contribution in [0.2, 0.25) is 0 Å². The summed E-state index contributed by atoms with van der Waals surface area (Å²) in [6.45, 7) is 20.3. The number of aliphatic hydroxyl groups excluding tert-OH is 1. The van der Waals surface area contributed by atoms with E-state index in [1.807, 2.05) is 27.7 Å². The molecule has 448 valence electrons. The third kappa shape index (κ3) is 26.6. The van der Waals surface area contributed by atoms with E-state index in [4.69, 9.17) is 11.5 Å². The fraction of sp³-hybridized carbons (Fsp3) is 0.750. The van der Waals surface area contributed by atoms with E-state index in [1.165, 1.54) is 6.92 Å². The summed E-state index contributed by atoms with van der Waals surface area (Å²) in [7, 11) is 0. The summed E-state index contributed by atoms with van der Waals surface area (Å²) in [5.41, 5.74) is 10.8. The highest BCUT2D eigenvalue weighted by atomic mass is 16.3. The van der Waals surface area contributed by atoms with Gasteiger partial charge in [-0.25, -0.2) is 0 Å². The van der Waals surface area contributed by atoms with Crippen molar-refractivity contribution in [1.82, 2.24) is 58.1 Å². The van der Waals surface area contributed by atoms with Crippen LogP contribution < -0.4 is 64.6 Å². The van der Waals surface area contributed by atoms with Gasteiger partial charge in [0.2, 0.25) is 70.9 Å². The minimum Gasteiger partial charge on any atom is -0.391 e. The second kappa shape index (κ2) is 34.3. The molecule has 27 nitrogen and oxygen atoms in total. The number of imide groups is 1. The lowest BCUT2D eigenvalue weighted by Gasteiger charge is -2.26. The number of nitrogens with one attached hydrogen (secondary N) is 10. The van der Waals surface area contributed by atoms with Crippen molar-refractivity contribution in [2.24, 2.45) is 47.0 Å². The average Bonchev–Trinajstić information content (AvgIpc) is 3.58. The summed E-state index contributed by atoms with van der Waals surface area (Å²) in [6.07, 6.45) is -1.18. The summed E-state index contributed by atoms with van der Waals surface area (Å²) in [5, 5.41) is 35.5. The number of amides is 13. The van der Waals surface area contributed by atoms with Crippen LogP contribution in [-0.2, 0) is 62.3 Å². The normalized spacial score (nSPS) is 16.5. The lowest BCUT2D eigenvalue weighted by molar-refractivity contribution is -0.143. The largest absolute Gasteiger partial charge is 0.391 e. The Morgan fingerprint density at radius 1 is 0.468 bits per heavy atom. The van der Waals surface area contributed by atoms with Crippen molar-refractivity contribution in [3.05, 3.63) is 0 Å². The number of rotatable bonds is 35. The molecule has 0 aromatic rings. The molecule has 0 radical (unpaired) electrons. The Hall–Kier alpha value is -6.77. The number of nitrogens with two attached hydrogens (primary N) is 2. The van der Waals surface area contributed by atoms with Gasteiger partial charge in [0.25, 0.3) is 5.91 Å². The predicted molar refractivity (Wildman–Crippen MR) is 289 cm³/mol. The molecule has 15 N–H and O–H groups in total. The van der Waals surface area contributed by atoms with Crippen LogP contribution in [-0.4, -0.2) is 167 Å². The molecule has 1 saturated heterocycles. The van der Waals surface area contributed by atoms with Crippen molar-refractivity contribution in [2.75, 3.05) is 26.2 Å². The van der Waals surface area contributed by atoms with E-state index in [0.717, 1.165) is 0 Å². The van der Waals surface area contributed by atoms with E-state index in [-0.39, 0.29) is 80.6 Å². The minimum absolute atomic E-state index is 0.0189. The highest BCUT2D eigenvalue weighted by Crippen LogP contribution is 2.16. The molecular weight excluding hydrogens is 1030 g/mol. The van der Waals surface area contributed by atoms with Gasteiger partial charge in [-0.3, -0.25) is 67.2 Å². The van der Waals surface area contributed by atoms with Crippen LogP contribution in [0.15, 0.2) is 0 Å². The Balaban J connectivity index is 3.09. The predicted octanol–water partition coefficient (Wildman–Crippen LogP) is -3.04. The zero-order valence-electron chi connectivity index (χ0n) is 48.3. The molecule has 9 atom stereocenters. The van der Waals surface area contributed by atoms with Gasteiger partial charge in [-0.2, -0.15) is 0 Å². The van der Waals surface area contributed by atoms with Crippen molar-refractivity contribution >= 4 is 76.8 Å². The maximum Gasteiger partial charge on any atom is 0.252 e. The zero-order chi connectivity index (χ0) is 60.6. The van der Waals surface area contributed by atoms with Crippen LogP contribution in [0.4, 0.5) is 0 Å². The number of hydrogen-bond donors (Lipinski definition) is 13. The van der Waals surface area contributed by atoms with E-state index in [1.54, 1.807) is 55.4 Å². The SMILES string of the molecule is CC(C)C[C@H](NC(=O)CNC(=O)[C@H](CC(C)C)NC(=O)[C@@H](NC(=O)CNC(=O)[C@H](CC(C)C)NC(=O)[C@H](CC(C)C)NC(=O)CN1C(=O)CC(NC(=O)[C@H](CC(C)C)NC(=O)[C@H](CC(C)C)NC(=O)CN)C1=O)[C@@H](C)O)C(N)=O. The lowest BCUT2D eigenvalue weighted by atomic mass is 9.99. The van der Waals surface area contributed by atoms with Crippen molar-refractivity contribution in [3.63, 3.8) is 0 Å². The van der Waals surface area contributed by atoms with Crippen LogP contribution in [0.5, 0.6) is 0 Å². The number of nitrogens with zero attached hydrogens (tertiary/aromatic N) is 1. The molecule has 0 spiro atoms. The van der Waals surface area contributed by atoms with Gasteiger partial charge in [-0.05, 0) is 81.0 Å². The fourth-order valence-corrected chi connectivity index (χ4v) is 8.37. The Bertz CT molecular complexity index is 2150. The Morgan fingerprint density at radius 2 is 0.810 bits per heavy atom. The highest BCUT2D eigenvalue weighted by Gasteiger charge is 2.42. The molecule has 1 fully saturated rings. The fourth-order valence-electron chi connectivity index (χ4n) is 8.37. The van der Waals surface area contributed by atoms with E-state index in [9.17, 15) is 67.4 Å². The Labute approximate surface area is 463 Å². The number of likely N-dealkylation sites (tertiary alicyclic amines) is 1. The van der Waals surface area contributed by atoms with E-state index in [2.05, 4.69) is 53.2 Å². The van der Waals surface area contributed by atoms with Gasteiger partial charge in [0.1, 0.15) is 54.9 Å². The van der Waals surface area contributed by atoms with Crippen LogP contribution >= 0.6 is 0 Å². The molecule has 0 bridgehead atoms. The topological polar surface area (TPSA) is 418 Å². The van der Waals surface area contributed by atoms with Gasteiger partial charge in [0, 0.05) is 0 Å². The minimum atomic E-state index is -1.63. The van der Waals surface area contributed by atoms with Gasteiger partial charge < -0.3 is 69.7 Å². The molecule has 0 aromatic carbocycles. The summed E-state index contributed by atoms with van der Waals surface area (Å²) < 4.78 is 0. The van der Waals surface area contributed by atoms with Crippen molar-refractivity contribution < 1.29 is 67.4 Å². The van der Waals surface area contributed by atoms with Crippen LogP contribution in [0, 0.1) is 35.5 Å². The van der Waals surface area contributed by atoms with E-state index in [0.29, 0.717) is 4.90 Å². The summed E-state index contributed by atoms with van der Waals surface area (Å²) in [4.78, 5) is 172. The molecule has 1 heterocycles. The molecule has 1 unspecified atom stereocenters. The first-order chi connectivity index (χ1) is 36.6. The second-order valence-electron chi connectivity index (χ2n) is 22.7. The average molecular weight is 1120 g/mol. The molecule has 1 aliphatic rings. The zero-order valence-corrected chi connectivity index (χ0v) is 48.3. The maximum absolute atomic E-state index is 13.9. The lowest BCUT2D eigenvalue weighted by Crippen LogP contribution is -2.59. The van der Waals surface area contributed by atoms with E-state index >= 15 is 0 Å². The first kappa shape index (κ1) is 70.2. The summed E-state index contributed by atoms with van der Waals surface area (Å²) in [6, 6.07) is -9.93. The number of primary amides is 1. The van der Waals surface area contributed by atoms with Crippen LogP contribution in [0.1, 0.15) is 135 Å². The molecule has 0 aromatic heterocycles. The Morgan fingerprint density at radius 3 is 1.19 bits per heavy atom. The molecule has 0 aliphatic carbocycles. The molecule has 79 heavy (non-hydrogen) atoms. The Kier molecular flexibility index (Phi) is 30.5. The molecular formula is C52H91N13O14. The van der Waals surface area contributed by atoms with Crippen molar-refractivity contribution in [1.29, 1.82) is 0 Å². The maximum atomic E-state index is 13.9. The monoisotopic (exact) mass is 1120 g/mol. The van der Waals surface area contributed by atoms with Gasteiger partial charge >= 0.3 is 0 Å². The third-order valence-electron chi connectivity index (χ3n) is 12.1. The standard InChI is InChI=1S/C52H91N13O14/c1-25(2)14-32(45(54)72)57-40(68)22-55-47(74)34(16-27(5)6)62-51(78)44(31(13)66)64-41(69)23-56-46(73)33(15-26(3)4)60-49(76)36(18-29(9)10)59-42(70)24-65-43(71)20-38(52(65)79)63-50(77)37(19-30(11)12)61-48(75)35(17-28(7)8)58-39(67)21-53/h25-38,44,66H,14-24,53H2,1-13H3,(H2,54,72)(H,55,74)(H,56,73)(H,57,68)(H,58,67)(H,59,70)(H,60,76)(H,61,75)(H,62,78)(H,63,77)(H,64,69)/t31-,32+,33+,34+,35+,36+,37+,38?,44+/m1/s1. The van der Waals surface area contributed by atoms with Crippen LogP contribution in [0.25, 0.3) is 0 Å². The smallest absolute Gasteiger partial charge is 0.252 e. The first-order valence-corrected chi connectivity index (χ1v) is 27.1. The van der Waals surface area contributed by atoms with Gasteiger partial charge in [-0.15, -0.1) is 0 Å². The molecule has 1 aliphatic heterocycles. The number of carbonyl (C=O) groups is 13. The summed E-state index contributed by atoms with van der Waals surface area (Å²) in [5.74, 6) is -11.0. The van der Waals surface area contributed by atoms with Gasteiger partial charge in [0.15, 0.2) is 0 Å². The van der Waals surface area contributed by atoms with E-state index < -0.39 is 157 Å². The first-order valence-electron chi connectivity index (χ1n) is 27.1. The molecule has 27 heteroatoms. The van der Waals surface area contributed by atoms with Gasteiger partial charge in [0.05, 0.1) is 32.2 Å².